The number of carbonyl (C=O) groups is 1. The second kappa shape index (κ2) is 6.79. The second-order valence-corrected chi connectivity index (χ2v) is 4.08. The van der Waals surface area contributed by atoms with E-state index in [9.17, 15) is 4.79 Å². The van der Waals surface area contributed by atoms with Crippen molar-refractivity contribution in [2.24, 2.45) is 17.4 Å². The summed E-state index contributed by atoms with van der Waals surface area (Å²) in [6.45, 7) is 9.34. The first-order chi connectivity index (χ1) is 6.47. The lowest BCUT2D eigenvalue weighted by Crippen LogP contribution is -2.40. The lowest BCUT2D eigenvalue weighted by molar-refractivity contribution is -0.119. The average Bonchev–Trinajstić information content (AvgIpc) is 2.10. The Labute approximate surface area is 86.6 Å². The van der Waals surface area contributed by atoms with E-state index >= 15 is 0 Å². The van der Waals surface area contributed by atoms with Crippen molar-refractivity contribution in [3.8, 4) is 0 Å². The van der Waals surface area contributed by atoms with Crippen LogP contribution < -0.4 is 11.5 Å². The summed E-state index contributed by atoms with van der Waals surface area (Å²) < 4.78 is 0. The highest BCUT2D eigenvalue weighted by molar-refractivity contribution is 5.79. The average molecular weight is 201 g/mol. The van der Waals surface area contributed by atoms with Gasteiger partial charge in [0.05, 0.1) is 6.04 Å². The van der Waals surface area contributed by atoms with Gasteiger partial charge in [-0.15, -0.1) is 0 Å². The van der Waals surface area contributed by atoms with E-state index in [0.29, 0.717) is 12.3 Å². The lowest BCUT2D eigenvalue weighted by Gasteiger charge is -2.23. The molecule has 0 bridgehead atoms. The summed E-state index contributed by atoms with van der Waals surface area (Å²) in [6, 6.07) is -0.504. The van der Waals surface area contributed by atoms with Crippen molar-refractivity contribution in [2.75, 3.05) is 19.6 Å². The van der Waals surface area contributed by atoms with E-state index in [0.717, 1.165) is 19.6 Å². The van der Waals surface area contributed by atoms with Gasteiger partial charge >= 0.3 is 0 Å². The monoisotopic (exact) mass is 201 g/mol. The molecule has 14 heavy (non-hydrogen) atoms. The van der Waals surface area contributed by atoms with Gasteiger partial charge in [-0.1, -0.05) is 20.8 Å². The van der Waals surface area contributed by atoms with E-state index in [2.05, 4.69) is 25.7 Å². The topological polar surface area (TPSA) is 72.3 Å². The molecule has 0 aliphatic carbocycles. The highest BCUT2D eigenvalue weighted by Crippen LogP contribution is 2.00. The molecule has 84 valence electrons. The second-order valence-electron chi connectivity index (χ2n) is 4.08. The standard InChI is InChI=1S/C10H23N3O/c1-4-13(7-8(2)3)6-5-9(11)10(12)14/h8-9H,4-7,11H2,1-3H3,(H2,12,14). The Balaban J connectivity index is 3.77. The van der Waals surface area contributed by atoms with Crippen molar-refractivity contribution >= 4 is 5.91 Å². The Morgan fingerprint density at radius 2 is 2.00 bits per heavy atom. The third-order valence-corrected chi connectivity index (χ3v) is 2.19. The highest BCUT2D eigenvalue weighted by atomic mass is 16.1. The van der Waals surface area contributed by atoms with Gasteiger partial charge in [-0.2, -0.15) is 0 Å². The Kier molecular flexibility index (Phi) is 6.49. The molecule has 0 aromatic rings. The van der Waals surface area contributed by atoms with Crippen LogP contribution >= 0.6 is 0 Å². The maximum Gasteiger partial charge on any atom is 0.234 e. The van der Waals surface area contributed by atoms with Gasteiger partial charge in [-0.05, 0) is 18.9 Å². The summed E-state index contributed by atoms with van der Waals surface area (Å²) in [6.07, 6.45) is 0.649. The van der Waals surface area contributed by atoms with Crippen LogP contribution in [0, 0.1) is 5.92 Å². The van der Waals surface area contributed by atoms with Crippen molar-refractivity contribution in [1.82, 2.24) is 4.90 Å². The maximum atomic E-state index is 10.7. The molecule has 0 saturated heterocycles. The van der Waals surface area contributed by atoms with Gasteiger partial charge < -0.3 is 16.4 Å². The molecule has 0 spiro atoms. The van der Waals surface area contributed by atoms with Crippen LogP contribution in [0.4, 0.5) is 0 Å². The van der Waals surface area contributed by atoms with Crippen LogP contribution in [0.2, 0.25) is 0 Å². The van der Waals surface area contributed by atoms with Gasteiger partial charge in [-0.3, -0.25) is 4.79 Å². The van der Waals surface area contributed by atoms with Crippen molar-refractivity contribution in [1.29, 1.82) is 0 Å². The Morgan fingerprint density at radius 1 is 1.43 bits per heavy atom. The molecule has 0 radical (unpaired) electrons. The van der Waals surface area contributed by atoms with Gasteiger partial charge in [0.1, 0.15) is 0 Å². The normalized spacial score (nSPS) is 13.6. The summed E-state index contributed by atoms with van der Waals surface area (Å²) in [5, 5.41) is 0. The summed E-state index contributed by atoms with van der Waals surface area (Å²) in [5.74, 6) is 0.227. The minimum Gasteiger partial charge on any atom is -0.368 e. The largest absolute Gasteiger partial charge is 0.368 e. The van der Waals surface area contributed by atoms with Crippen molar-refractivity contribution in [2.45, 2.75) is 33.2 Å². The third-order valence-electron chi connectivity index (χ3n) is 2.19. The number of rotatable bonds is 7. The molecule has 0 rings (SSSR count). The Bertz CT molecular complexity index is 171. The molecular weight excluding hydrogens is 178 g/mol. The van der Waals surface area contributed by atoms with Gasteiger partial charge in [0.2, 0.25) is 5.91 Å². The molecule has 0 saturated carbocycles. The summed E-state index contributed by atoms with van der Waals surface area (Å²) >= 11 is 0. The van der Waals surface area contributed by atoms with E-state index in [4.69, 9.17) is 11.5 Å². The molecule has 0 aliphatic heterocycles. The lowest BCUT2D eigenvalue weighted by atomic mass is 10.1. The third kappa shape index (κ3) is 5.94. The number of nitrogens with two attached hydrogens (primary N) is 2. The number of hydrogen-bond acceptors (Lipinski definition) is 3. The molecule has 0 aliphatic rings. The van der Waals surface area contributed by atoms with Gasteiger partial charge in [-0.25, -0.2) is 0 Å². The van der Waals surface area contributed by atoms with Crippen LogP contribution in [0.3, 0.4) is 0 Å². The predicted molar refractivity (Wildman–Crippen MR) is 58.7 cm³/mol. The molecule has 4 N–H and O–H groups in total. The van der Waals surface area contributed by atoms with E-state index in [1.807, 2.05) is 0 Å². The first kappa shape index (κ1) is 13.4. The number of nitrogens with zero attached hydrogens (tertiary/aromatic N) is 1. The fraction of sp³-hybridized carbons (Fsp3) is 0.900. The molecule has 1 atom stereocenters. The highest BCUT2D eigenvalue weighted by Gasteiger charge is 2.11. The zero-order valence-electron chi connectivity index (χ0n) is 9.49. The van der Waals surface area contributed by atoms with Crippen molar-refractivity contribution < 1.29 is 4.79 Å². The predicted octanol–water partition coefficient (Wildman–Crippen LogP) is 0.167. The van der Waals surface area contributed by atoms with E-state index in [1.165, 1.54) is 0 Å². The van der Waals surface area contributed by atoms with Gasteiger partial charge in [0.15, 0.2) is 0 Å². The molecule has 0 heterocycles. The van der Waals surface area contributed by atoms with E-state index < -0.39 is 11.9 Å². The van der Waals surface area contributed by atoms with E-state index in [1.54, 1.807) is 0 Å². The number of primary amides is 1. The minimum atomic E-state index is -0.504. The molecule has 0 fully saturated rings. The van der Waals surface area contributed by atoms with Gasteiger partial charge in [0, 0.05) is 13.1 Å². The summed E-state index contributed by atoms with van der Waals surface area (Å²) in [5.41, 5.74) is 10.6. The molecular formula is C10H23N3O. The number of amides is 1. The summed E-state index contributed by atoms with van der Waals surface area (Å²) in [4.78, 5) is 13.0. The van der Waals surface area contributed by atoms with Crippen molar-refractivity contribution in [3.05, 3.63) is 0 Å². The van der Waals surface area contributed by atoms with Crippen molar-refractivity contribution in [3.63, 3.8) is 0 Å². The fourth-order valence-corrected chi connectivity index (χ4v) is 1.36. The fourth-order valence-electron chi connectivity index (χ4n) is 1.36. The van der Waals surface area contributed by atoms with Gasteiger partial charge in [0.25, 0.3) is 0 Å². The molecule has 1 unspecified atom stereocenters. The quantitative estimate of drug-likeness (QED) is 0.616. The minimum absolute atomic E-state index is 0.411. The summed E-state index contributed by atoms with van der Waals surface area (Å²) in [7, 11) is 0. The molecule has 4 heteroatoms. The molecule has 0 aromatic heterocycles. The first-order valence-corrected chi connectivity index (χ1v) is 5.24. The maximum absolute atomic E-state index is 10.7. The molecule has 0 aromatic carbocycles. The molecule has 1 amide bonds. The van der Waals surface area contributed by atoms with Crippen LogP contribution in [0.15, 0.2) is 0 Å². The SMILES string of the molecule is CCN(CCC(N)C(N)=O)CC(C)C. The van der Waals surface area contributed by atoms with Crippen LogP contribution in [0.1, 0.15) is 27.2 Å². The van der Waals surface area contributed by atoms with Crippen LogP contribution in [-0.4, -0.2) is 36.5 Å². The van der Waals surface area contributed by atoms with Crippen LogP contribution in [0.5, 0.6) is 0 Å². The first-order valence-electron chi connectivity index (χ1n) is 5.24. The van der Waals surface area contributed by atoms with E-state index in [-0.39, 0.29) is 0 Å². The molecule has 4 nitrogen and oxygen atoms in total. The zero-order valence-corrected chi connectivity index (χ0v) is 9.49. The number of hydrogen-bond donors (Lipinski definition) is 2. The Hall–Kier alpha value is -0.610. The number of carbonyl (C=O) groups excluding carboxylic acids is 1. The smallest absolute Gasteiger partial charge is 0.234 e. The Morgan fingerprint density at radius 3 is 2.36 bits per heavy atom. The van der Waals surface area contributed by atoms with Crippen LogP contribution in [-0.2, 0) is 4.79 Å². The zero-order chi connectivity index (χ0) is 11.1. The van der Waals surface area contributed by atoms with Crippen LogP contribution in [0.25, 0.3) is 0 Å².